The van der Waals surface area contributed by atoms with E-state index in [1.54, 1.807) is 0 Å². The number of hydrogen-bond donors (Lipinski definition) is 3. The molecule has 0 fully saturated rings. The van der Waals surface area contributed by atoms with Gasteiger partial charge < -0.3 is 15.8 Å². The van der Waals surface area contributed by atoms with Crippen molar-refractivity contribution in [3.63, 3.8) is 0 Å². The van der Waals surface area contributed by atoms with Crippen LogP contribution >= 0.6 is 0 Å². The van der Waals surface area contributed by atoms with Crippen molar-refractivity contribution in [3.05, 3.63) is 36.3 Å². The number of aromatic carboxylic acids is 1. The van der Waals surface area contributed by atoms with Crippen LogP contribution in [0.1, 0.15) is 10.4 Å². The Balaban J connectivity index is 2.55. The number of anilines is 2. The Morgan fingerprint density at radius 1 is 1.45 bits per heavy atom. The Morgan fingerprint density at radius 3 is 2.70 bits per heavy atom. The van der Waals surface area contributed by atoms with Crippen LogP contribution in [0.15, 0.2) is 35.7 Å². The number of carboxylic acid groups (broad SMARTS) is 1. The Labute approximate surface area is 114 Å². The second-order valence-corrected chi connectivity index (χ2v) is 5.91. The van der Waals surface area contributed by atoms with Gasteiger partial charge in [-0.15, -0.1) is 0 Å². The molecule has 20 heavy (non-hydrogen) atoms. The number of nitrogens with two attached hydrogens (primary N) is 1. The smallest absolute Gasteiger partial charge is 0.337 e. The highest BCUT2D eigenvalue weighted by Crippen LogP contribution is 2.26. The summed E-state index contributed by atoms with van der Waals surface area (Å²) in [6, 6.07) is 3.98. The standard InChI is InChI=1S/C11H12N4O4S/c1-15(20(18,19)10-5-13-6-14-10)9-3-2-7(12)4-8(9)11(16)17/h2-6H,12H2,1H3,(H,13,14)(H,16,17). The third-order valence-electron chi connectivity index (χ3n) is 2.70. The molecule has 0 amide bonds. The van der Waals surface area contributed by atoms with Crippen LogP contribution in [0.25, 0.3) is 0 Å². The summed E-state index contributed by atoms with van der Waals surface area (Å²) in [6.07, 6.45) is 2.37. The lowest BCUT2D eigenvalue weighted by molar-refractivity contribution is 0.0698. The number of imidazole rings is 1. The van der Waals surface area contributed by atoms with E-state index in [1.807, 2.05) is 0 Å². The van der Waals surface area contributed by atoms with E-state index in [9.17, 15) is 13.2 Å². The molecule has 1 heterocycles. The minimum Gasteiger partial charge on any atom is -0.478 e. The number of hydrogen-bond acceptors (Lipinski definition) is 5. The van der Waals surface area contributed by atoms with E-state index in [1.165, 1.54) is 31.6 Å². The maximum atomic E-state index is 12.3. The molecule has 0 aliphatic carbocycles. The molecule has 2 rings (SSSR count). The first-order valence-electron chi connectivity index (χ1n) is 5.44. The van der Waals surface area contributed by atoms with Crippen LogP contribution in [-0.2, 0) is 10.0 Å². The van der Waals surface area contributed by atoms with Gasteiger partial charge in [-0.25, -0.2) is 9.78 Å². The summed E-state index contributed by atoms with van der Waals surface area (Å²) < 4.78 is 25.4. The van der Waals surface area contributed by atoms with E-state index in [4.69, 9.17) is 10.8 Å². The van der Waals surface area contributed by atoms with Gasteiger partial charge in [0.2, 0.25) is 0 Å². The van der Waals surface area contributed by atoms with Gasteiger partial charge in [0.15, 0.2) is 5.03 Å². The number of rotatable bonds is 4. The lowest BCUT2D eigenvalue weighted by atomic mass is 10.1. The normalized spacial score (nSPS) is 11.2. The number of benzene rings is 1. The Kier molecular flexibility index (Phi) is 3.36. The highest BCUT2D eigenvalue weighted by molar-refractivity contribution is 7.92. The largest absolute Gasteiger partial charge is 0.478 e. The van der Waals surface area contributed by atoms with Crippen molar-refractivity contribution in [2.75, 3.05) is 17.1 Å². The van der Waals surface area contributed by atoms with E-state index in [0.717, 1.165) is 10.5 Å². The highest BCUT2D eigenvalue weighted by Gasteiger charge is 2.26. The average Bonchev–Trinajstić information content (AvgIpc) is 2.92. The molecule has 0 unspecified atom stereocenters. The van der Waals surface area contributed by atoms with Crippen LogP contribution in [-0.4, -0.2) is 36.5 Å². The summed E-state index contributed by atoms with van der Waals surface area (Å²) in [6.45, 7) is 0. The molecular formula is C11H12N4O4S. The maximum absolute atomic E-state index is 12.3. The zero-order chi connectivity index (χ0) is 14.9. The molecule has 2 aromatic rings. The number of carboxylic acids is 1. The number of carbonyl (C=O) groups is 1. The van der Waals surface area contributed by atoms with E-state index in [-0.39, 0.29) is 22.0 Å². The first kappa shape index (κ1) is 13.9. The molecule has 0 aliphatic heterocycles. The van der Waals surface area contributed by atoms with Crippen molar-refractivity contribution in [3.8, 4) is 0 Å². The van der Waals surface area contributed by atoms with Gasteiger partial charge in [-0.05, 0) is 18.2 Å². The maximum Gasteiger partial charge on any atom is 0.337 e. The lowest BCUT2D eigenvalue weighted by Crippen LogP contribution is -2.28. The predicted octanol–water partition coefficient (Wildman–Crippen LogP) is 0.515. The fourth-order valence-electron chi connectivity index (χ4n) is 1.66. The fraction of sp³-hybridized carbons (Fsp3) is 0.0909. The summed E-state index contributed by atoms with van der Waals surface area (Å²) in [7, 11) is -2.65. The second-order valence-electron chi connectivity index (χ2n) is 3.97. The van der Waals surface area contributed by atoms with Gasteiger partial charge in [-0.2, -0.15) is 8.42 Å². The van der Waals surface area contributed by atoms with Crippen LogP contribution < -0.4 is 10.0 Å². The highest BCUT2D eigenvalue weighted by atomic mass is 32.2. The fourth-order valence-corrected chi connectivity index (χ4v) is 2.77. The molecule has 8 nitrogen and oxygen atoms in total. The quantitative estimate of drug-likeness (QED) is 0.705. The topological polar surface area (TPSA) is 129 Å². The van der Waals surface area contributed by atoms with Gasteiger partial charge in [0.1, 0.15) is 0 Å². The molecule has 0 saturated carbocycles. The Morgan fingerprint density at radius 2 is 2.15 bits per heavy atom. The summed E-state index contributed by atoms with van der Waals surface area (Å²) in [5.74, 6) is -1.26. The molecule has 0 aliphatic rings. The monoisotopic (exact) mass is 296 g/mol. The van der Waals surface area contributed by atoms with Crippen molar-refractivity contribution >= 4 is 27.4 Å². The zero-order valence-corrected chi connectivity index (χ0v) is 11.3. The van der Waals surface area contributed by atoms with Crippen LogP contribution in [0.2, 0.25) is 0 Å². The van der Waals surface area contributed by atoms with Crippen LogP contribution in [0.3, 0.4) is 0 Å². The third-order valence-corrected chi connectivity index (χ3v) is 4.40. The lowest BCUT2D eigenvalue weighted by Gasteiger charge is -2.20. The number of nitrogens with one attached hydrogen (secondary N) is 1. The Hall–Kier alpha value is -2.55. The van der Waals surface area contributed by atoms with Crippen LogP contribution in [0.5, 0.6) is 0 Å². The molecule has 0 spiro atoms. The van der Waals surface area contributed by atoms with Gasteiger partial charge in [0.25, 0.3) is 10.0 Å². The van der Waals surface area contributed by atoms with Gasteiger partial charge in [-0.3, -0.25) is 4.31 Å². The molecule has 0 saturated heterocycles. The molecule has 0 atom stereocenters. The summed E-state index contributed by atoms with van der Waals surface area (Å²) in [5, 5.41) is 9.01. The molecule has 1 aromatic carbocycles. The van der Waals surface area contributed by atoms with Gasteiger partial charge in [0.05, 0.1) is 23.8 Å². The van der Waals surface area contributed by atoms with Crippen molar-refractivity contribution in [1.29, 1.82) is 0 Å². The minimum atomic E-state index is -3.91. The first-order chi connectivity index (χ1) is 9.34. The number of H-pyrrole nitrogens is 1. The third kappa shape index (κ3) is 2.30. The first-order valence-corrected chi connectivity index (χ1v) is 6.88. The number of aromatic amines is 1. The van der Waals surface area contributed by atoms with Crippen molar-refractivity contribution in [2.24, 2.45) is 0 Å². The molecule has 106 valence electrons. The van der Waals surface area contributed by atoms with Gasteiger partial charge in [-0.1, -0.05) is 0 Å². The molecular weight excluding hydrogens is 284 g/mol. The predicted molar refractivity (Wildman–Crippen MR) is 72.0 cm³/mol. The molecule has 0 radical (unpaired) electrons. The summed E-state index contributed by atoms with van der Waals surface area (Å²) >= 11 is 0. The number of nitrogens with zero attached hydrogens (tertiary/aromatic N) is 2. The van der Waals surface area contributed by atoms with Crippen LogP contribution in [0.4, 0.5) is 11.4 Å². The van der Waals surface area contributed by atoms with Crippen molar-refractivity contribution in [2.45, 2.75) is 5.03 Å². The van der Waals surface area contributed by atoms with E-state index >= 15 is 0 Å². The number of nitrogen functional groups attached to an aromatic ring is 1. The Bertz CT molecular complexity index is 740. The number of aromatic nitrogens is 2. The van der Waals surface area contributed by atoms with Gasteiger partial charge in [0, 0.05) is 12.7 Å². The summed E-state index contributed by atoms with van der Waals surface area (Å²) in [4.78, 5) is 17.3. The summed E-state index contributed by atoms with van der Waals surface area (Å²) in [5.41, 5.74) is 5.57. The second kappa shape index (κ2) is 4.85. The van der Waals surface area contributed by atoms with E-state index < -0.39 is 16.0 Å². The molecule has 4 N–H and O–H groups in total. The molecule has 9 heteroatoms. The minimum absolute atomic E-state index is 0.0151. The zero-order valence-electron chi connectivity index (χ0n) is 10.4. The SMILES string of the molecule is CN(c1ccc(N)cc1C(=O)O)S(=O)(=O)c1cnc[nH]1. The average molecular weight is 296 g/mol. The van der Waals surface area contributed by atoms with Crippen LogP contribution in [0, 0.1) is 0 Å². The van der Waals surface area contributed by atoms with E-state index in [0.29, 0.717) is 0 Å². The van der Waals surface area contributed by atoms with E-state index in [2.05, 4.69) is 9.97 Å². The van der Waals surface area contributed by atoms with Crippen molar-refractivity contribution in [1.82, 2.24) is 9.97 Å². The van der Waals surface area contributed by atoms with Gasteiger partial charge >= 0.3 is 5.97 Å². The molecule has 1 aromatic heterocycles. The number of sulfonamides is 1. The molecule has 0 bridgehead atoms. The van der Waals surface area contributed by atoms with Crippen molar-refractivity contribution < 1.29 is 18.3 Å².